The fourth-order valence-corrected chi connectivity index (χ4v) is 2.32. The standard InChI is InChI=1S/C16H31N3O3/c1-12(20)8-9-15(18-4)16(22)19-14(11-13(2)21)7-5-6-10-17-3/h14-15,17-18H,5-11H2,1-4H3,(H,19,22). The third kappa shape index (κ3) is 10.5. The van der Waals surface area contributed by atoms with E-state index < -0.39 is 6.04 Å². The maximum absolute atomic E-state index is 12.3. The lowest BCUT2D eigenvalue weighted by Gasteiger charge is -2.22. The zero-order chi connectivity index (χ0) is 17.0. The Morgan fingerprint density at radius 3 is 2.14 bits per heavy atom. The van der Waals surface area contributed by atoms with E-state index in [1.54, 1.807) is 7.05 Å². The van der Waals surface area contributed by atoms with Crippen LogP contribution in [0.25, 0.3) is 0 Å². The molecule has 22 heavy (non-hydrogen) atoms. The van der Waals surface area contributed by atoms with Gasteiger partial charge in [0.1, 0.15) is 11.6 Å². The van der Waals surface area contributed by atoms with Crippen molar-refractivity contribution in [2.75, 3.05) is 20.6 Å². The number of rotatable bonds is 13. The summed E-state index contributed by atoms with van der Waals surface area (Å²) in [7, 11) is 3.61. The third-order valence-corrected chi connectivity index (χ3v) is 3.56. The average molecular weight is 313 g/mol. The summed E-state index contributed by atoms with van der Waals surface area (Å²) in [6.45, 7) is 3.99. The molecule has 0 heterocycles. The fraction of sp³-hybridized carbons (Fsp3) is 0.812. The molecule has 0 fully saturated rings. The summed E-state index contributed by atoms with van der Waals surface area (Å²) < 4.78 is 0. The molecule has 0 aromatic carbocycles. The van der Waals surface area contributed by atoms with E-state index in [-0.39, 0.29) is 23.5 Å². The van der Waals surface area contributed by atoms with Gasteiger partial charge in [-0.25, -0.2) is 0 Å². The van der Waals surface area contributed by atoms with Crippen LogP contribution in [0.1, 0.15) is 52.4 Å². The van der Waals surface area contributed by atoms with Crippen molar-refractivity contribution in [3.05, 3.63) is 0 Å². The highest BCUT2D eigenvalue weighted by Gasteiger charge is 2.21. The molecule has 0 aromatic heterocycles. The Morgan fingerprint density at radius 2 is 1.64 bits per heavy atom. The van der Waals surface area contributed by atoms with E-state index in [0.29, 0.717) is 19.3 Å². The predicted molar refractivity (Wildman–Crippen MR) is 87.8 cm³/mol. The minimum absolute atomic E-state index is 0.0698. The molecule has 128 valence electrons. The highest BCUT2D eigenvalue weighted by atomic mass is 16.2. The Kier molecular flexibility index (Phi) is 11.6. The normalized spacial score (nSPS) is 13.5. The second-order valence-electron chi connectivity index (χ2n) is 5.79. The summed E-state index contributed by atoms with van der Waals surface area (Å²) in [6, 6.07) is -0.522. The highest BCUT2D eigenvalue weighted by molar-refractivity contribution is 5.84. The molecule has 0 aliphatic heterocycles. The first kappa shape index (κ1) is 20.7. The molecule has 0 rings (SSSR count). The smallest absolute Gasteiger partial charge is 0.237 e. The number of carbonyl (C=O) groups is 3. The number of ketones is 2. The van der Waals surface area contributed by atoms with Gasteiger partial charge in [-0.15, -0.1) is 0 Å². The second kappa shape index (κ2) is 12.3. The molecule has 6 heteroatoms. The molecule has 2 unspecified atom stereocenters. The van der Waals surface area contributed by atoms with Crippen molar-refractivity contribution >= 4 is 17.5 Å². The van der Waals surface area contributed by atoms with Crippen LogP contribution in [-0.2, 0) is 14.4 Å². The van der Waals surface area contributed by atoms with Gasteiger partial charge in [0.2, 0.25) is 5.91 Å². The minimum atomic E-state index is -0.393. The fourth-order valence-electron chi connectivity index (χ4n) is 2.32. The van der Waals surface area contributed by atoms with Gasteiger partial charge in [-0.1, -0.05) is 6.42 Å². The number of hydrogen-bond acceptors (Lipinski definition) is 5. The van der Waals surface area contributed by atoms with E-state index in [2.05, 4.69) is 16.0 Å². The molecule has 0 aliphatic rings. The Morgan fingerprint density at radius 1 is 0.955 bits per heavy atom. The van der Waals surface area contributed by atoms with Crippen LogP contribution in [0.3, 0.4) is 0 Å². The quantitative estimate of drug-likeness (QED) is 0.438. The lowest BCUT2D eigenvalue weighted by Crippen LogP contribution is -2.47. The van der Waals surface area contributed by atoms with Crippen LogP contribution in [-0.4, -0.2) is 50.2 Å². The van der Waals surface area contributed by atoms with Crippen molar-refractivity contribution in [3.63, 3.8) is 0 Å². The third-order valence-electron chi connectivity index (χ3n) is 3.56. The molecule has 0 aromatic rings. The molecule has 0 aliphatic carbocycles. The van der Waals surface area contributed by atoms with Crippen molar-refractivity contribution in [2.24, 2.45) is 0 Å². The lowest BCUT2D eigenvalue weighted by molar-refractivity contribution is -0.124. The Hall–Kier alpha value is -1.27. The molecule has 6 nitrogen and oxygen atoms in total. The largest absolute Gasteiger partial charge is 0.352 e. The van der Waals surface area contributed by atoms with E-state index in [1.807, 2.05) is 7.05 Å². The molecule has 3 N–H and O–H groups in total. The zero-order valence-corrected chi connectivity index (χ0v) is 14.3. The second-order valence-corrected chi connectivity index (χ2v) is 5.79. The first-order valence-electron chi connectivity index (χ1n) is 8.01. The van der Waals surface area contributed by atoms with E-state index in [1.165, 1.54) is 13.8 Å². The van der Waals surface area contributed by atoms with Gasteiger partial charge >= 0.3 is 0 Å². The Balaban J connectivity index is 4.42. The molecule has 0 radical (unpaired) electrons. The SMILES string of the molecule is CNCCCCC(CC(C)=O)NC(=O)C(CCC(C)=O)NC. The van der Waals surface area contributed by atoms with Crippen molar-refractivity contribution in [2.45, 2.75) is 64.5 Å². The van der Waals surface area contributed by atoms with Gasteiger partial charge in [0.05, 0.1) is 6.04 Å². The average Bonchev–Trinajstić information content (AvgIpc) is 2.43. The van der Waals surface area contributed by atoms with Crippen LogP contribution in [0.5, 0.6) is 0 Å². The van der Waals surface area contributed by atoms with Gasteiger partial charge in [-0.2, -0.15) is 0 Å². The number of unbranched alkanes of at least 4 members (excludes halogenated alkanes) is 1. The van der Waals surface area contributed by atoms with Gasteiger partial charge in [-0.05, 0) is 53.8 Å². The maximum Gasteiger partial charge on any atom is 0.237 e. The van der Waals surface area contributed by atoms with Crippen molar-refractivity contribution in [1.82, 2.24) is 16.0 Å². The van der Waals surface area contributed by atoms with E-state index in [9.17, 15) is 14.4 Å². The van der Waals surface area contributed by atoms with Gasteiger partial charge in [0, 0.05) is 18.9 Å². The molecule has 0 saturated carbocycles. The van der Waals surface area contributed by atoms with Crippen molar-refractivity contribution < 1.29 is 14.4 Å². The highest BCUT2D eigenvalue weighted by Crippen LogP contribution is 2.07. The first-order valence-corrected chi connectivity index (χ1v) is 8.01. The Bertz CT molecular complexity index is 359. The van der Waals surface area contributed by atoms with E-state index in [0.717, 1.165) is 25.8 Å². The number of amides is 1. The minimum Gasteiger partial charge on any atom is -0.352 e. The van der Waals surface area contributed by atoms with E-state index >= 15 is 0 Å². The molecule has 0 bridgehead atoms. The summed E-state index contributed by atoms with van der Waals surface area (Å²) in [5.41, 5.74) is 0. The van der Waals surface area contributed by atoms with E-state index in [4.69, 9.17) is 0 Å². The van der Waals surface area contributed by atoms with Crippen LogP contribution >= 0.6 is 0 Å². The number of Topliss-reactive ketones (excluding diaryl/α,β-unsaturated/α-hetero) is 2. The summed E-state index contributed by atoms with van der Waals surface area (Å²) in [5, 5.41) is 8.96. The molecule has 1 amide bonds. The van der Waals surface area contributed by atoms with Crippen molar-refractivity contribution in [3.8, 4) is 0 Å². The van der Waals surface area contributed by atoms with Crippen LogP contribution in [0.2, 0.25) is 0 Å². The number of carbonyl (C=O) groups excluding carboxylic acids is 3. The van der Waals surface area contributed by atoms with Gasteiger partial charge < -0.3 is 20.7 Å². The van der Waals surface area contributed by atoms with Crippen LogP contribution in [0.4, 0.5) is 0 Å². The van der Waals surface area contributed by atoms with Crippen LogP contribution < -0.4 is 16.0 Å². The molecule has 0 saturated heterocycles. The number of likely N-dealkylation sites (N-methyl/N-ethyl adjacent to an activating group) is 1. The summed E-state index contributed by atoms with van der Waals surface area (Å²) in [6.07, 6.45) is 3.96. The Labute approximate surface area is 133 Å². The van der Waals surface area contributed by atoms with Crippen LogP contribution in [0, 0.1) is 0 Å². The van der Waals surface area contributed by atoms with Gasteiger partial charge in [-0.3, -0.25) is 9.59 Å². The zero-order valence-electron chi connectivity index (χ0n) is 14.3. The van der Waals surface area contributed by atoms with Gasteiger partial charge in [0.25, 0.3) is 0 Å². The monoisotopic (exact) mass is 313 g/mol. The first-order chi connectivity index (χ1) is 10.4. The van der Waals surface area contributed by atoms with Gasteiger partial charge in [0.15, 0.2) is 0 Å². The van der Waals surface area contributed by atoms with Crippen molar-refractivity contribution in [1.29, 1.82) is 0 Å². The number of hydrogen-bond donors (Lipinski definition) is 3. The predicted octanol–water partition coefficient (Wildman–Crippen LogP) is 0.797. The molecular weight excluding hydrogens is 282 g/mol. The lowest BCUT2D eigenvalue weighted by atomic mass is 10.0. The summed E-state index contributed by atoms with van der Waals surface area (Å²) in [5.74, 6) is 0.00711. The molecular formula is C16H31N3O3. The topological polar surface area (TPSA) is 87.3 Å². The summed E-state index contributed by atoms with van der Waals surface area (Å²) >= 11 is 0. The number of nitrogens with one attached hydrogen (secondary N) is 3. The summed E-state index contributed by atoms with van der Waals surface area (Å²) in [4.78, 5) is 34.7. The molecule has 2 atom stereocenters. The van der Waals surface area contributed by atoms with Crippen LogP contribution in [0.15, 0.2) is 0 Å². The maximum atomic E-state index is 12.3. The molecule has 0 spiro atoms.